The first kappa shape index (κ1) is 14.3. The topological polar surface area (TPSA) is 41.0 Å². The van der Waals surface area contributed by atoms with Gasteiger partial charge in [0.05, 0.1) is 0 Å². The molecular weight excluding hydrogens is 260 g/mol. The Morgan fingerprint density at radius 1 is 1.21 bits per heavy atom. The van der Waals surface area contributed by atoms with Crippen LogP contribution in [0.5, 0.6) is 0 Å². The van der Waals surface area contributed by atoms with E-state index >= 15 is 0 Å². The van der Waals surface area contributed by atoms with Crippen LogP contribution in [0, 0.1) is 0 Å². The molecule has 0 amide bonds. The van der Waals surface area contributed by atoms with Crippen molar-refractivity contribution in [2.45, 2.75) is 45.2 Å². The summed E-state index contributed by atoms with van der Waals surface area (Å²) in [5.74, 6) is 0.809. The Hall–Kier alpha value is -1.13. The van der Waals surface area contributed by atoms with Gasteiger partial charge in [-0.15, -0.1) is 10.2 Å². The molecule has 1 aromatic heterocycles. The van der Waals surface area contributed by atoms with Gasteiger partial charge < -0.3 is 10.2 Å². The van der Waals surface area contributed by atoms with E-state index in [1.165, 1.54) is 5.70 Å². The highest BCUT2D eigenvalue weighted by molar-refractivity contribution is 6.29. The second-order valence-electron chi connectivity index (χ2n) is 6.32. The van der Waals surface area contributed by atoms with Gasteiger partial charge in [-0.25, -0.2) is 0 Å². The van der Waals surface area contributed by atoms with Gasteiger partial charge in [-0.2, -0.15) is 0 Å². The molecule has 0 unspecified atom stereocenters. The lowest BCUT2D eigenvalue weighted by Crippen LogP contribution is -2.55. The fraction of sp³-hybridized carbons (Fsp3) is 0.571. The molecule has 0 radical (unpaired) electrons. The van der Waals surface area contributed by atoms with E-state index < -0.39 is 0 Å². The molecule has 2 heterocycles. The van der Waals surface area contributed by atoms with Crippen molar-refractivity contribution in [1.29, 1.82) is 0 Å². The Morgan fingerprint density at radius 3 is 2.42 bits per heavy atom. The highest BCUT2D eigenvalue weighted by Crippen LogP contribution is 2.30. The summed E-state index contributed by atoms with van der Waals surface area (Å²) in [6.07, 6.45) is 3.19. The van der Waals surface area contributed by atoms with Crippen molar-refractivity contribution < 1.29 is 0 Å². The van der Waals surface area contributed by atoms with Crippen LogP contribution in [0.2, 0.25) is 5.15 Å². The molecule has 0 fully saturated rings. The number of rotatable bonds is 2. The van der Waals surface area contributed by atoms with Crippen molar-refractivity contribution in [1.82, 2.24) is 15.5 Å². The fourth-order valence-corrected chi connectivity index (χ4v) is 2.82. The van der Waals surface area contributed by atoms with E-state index in [1.807, 2.05) is 13.1 Å². The standard InChI is InChI=1S/C14H21ClN4/c1-13(2)8-10(9-14(3,4)18-13)19(5)12-7-6-11(15)16-17-12/h6-8,18H,9H2,1-5H3. The number of aromatic nitrogens is 2. The molecule has 1 N–H and O–H groups in total. The van der Waals surface area contributed by atoms with E-state index in [-0.39, 0.29) is 11.1 Å². The summed E-state index contributed by atoms with van der Waals surface area (Å²) < 4.78 is 0. The van der Waals surface area contributed by atoms with Gasteiger partial charge in [0.2, 0.25) is 0 Å². The van der Waals surface area contributed by atoms with Crippen molar-refractivity contribution in [2.75, 3.05) is 11.9 Å². The number of hydrogen-bond donors (Lipinski definition) is 1. The van der Waals surface area contributed by atoms with Crippen molar-refractivity contribution in [2.24, 2.45) is 0 Å². The minimum Gasteiger partial charge on any atom is -0.332 e. The molecule has 0 aliphatic carbocycles. The molecule has 0 atom stereocenters. The quantitative estimate of drug-likeness (QED) is 0.904. The van der Waals surface area contributed by atoms with Gasteiger partial charge in [0.25, 0.3) is 0 Å². The molecule has 0 saturated carbocycles. The normalized spacial score (nSPS) is 20.8. The summed E-state index contributed by atoms with van der Waals surface area (Å²) in [5.41, 5.74) is 1.26. The number of anilines is 1. The summed E-state index contributed by atoms with van der Waals surface area (Å²) in [6, 6.07) is 3.65. The monoisotopic (exact) mass is 280 g/mol. The van der Waals surface area contributed by atoms with Crippen LogP contribution < -0.4 is 10.2 Å². The van der Waals surface area contributed by atoms with E-state index in [4.69, 9.17) is 11.6 Å². The summed E-state index contributed by atoms with van der Waals surface area (Å²) in [5, 5.41) is 12.1. The Balaban J connectivity index is 2.30. The Bertz CT molecular complexity index is 491. The maximum Gasteiger partial charge on any atom is 0.155 e. The van der Waals surface area contributed by atoms with Crippen LogP contribution >= 0.6 is 11.6 Å². The van der Waals surface area contributed by atoms with Crippen LogP contribution in [0.3, 0.4) is 0 Å². The molecule has 0 spiro atoms. The molecule has 2 rings (SSSR count). The van der Waals surface area contributed by atoms with Gasteiger partial charge in [-0.3, -0.25) is 0 Å². The first-order valence-corrected chi connectivity index (χ1v) is 6.80. The predicted molar refractivity (Wildman–Crippen MR) is 79.4 cm³/mol. The van der Waals surface area contributed by atoms with Gasteiger partial charge in [0.15, 0.2) is 11.0 Å². The van der Waals surface area contributed by atoms with Crippen molar-refractivity contribution in [3.05, 3.63) is 29.1 Å². The molecular formula is C14H21ClN4. The Morgan fingerprint density at radius 2 is 1.89 bits per heavy atom. The van der Waals surface area contributed by atoms with Gasteiger partial charge in [-0.05, 0) is 45.9 Å². The molecule has 5 heteroatoms. The molecule has 0 bridgehead atoms. The molecule has 1 aliphatic rings. The number of nitrogens with one attached hydrogen (secondary N) is 1. The summed E-state index contributed by atoms with van der Waals surface area (Å²) in [7, 11) is 2.02. The number of hydrogen-bond acceptors (Lipinski definition) is 4. The molecule has 0 aromatic carbocycles. The average molecular weight is 281 g/mol. The maximum atomic E-state index is 5.78. The second kappa shape index (κ2) is 4.76. The highest BCUT2D eigenvalue weighted by Gasteiger charge is 2.33. The first-order chi connectivity index (χ1) is 8.69. The zero-order valence-corrected chi connectivity index (χ0v) is 12.9. The van der Waals surface area contributed by atoms with Gasteiger partial charge >= 0.3 is 0 Å². The SMILES string of the molecule is CN(C1=CC(C)(C)NC(C)(C)C1)c1ccc(Cl)nn1. The third-order valence-corrected chi connectivity index (χ3v) is 3.41. The predicted octanol–water partition coefficient (Wildman–Crippen LogP) is 3.00. The van der Waals surface area contributed by atoms with Gasteiger partial charge in [-0.1, -0.05) is 11.6 Å². The molecule has 104 valence electrons. The number of halogens is 1. The first-order valence-electron chi connectivity index (χ1n) is 6.43. The maximum absolute atomic E-state index is 5.78. The van der Waals surface area contributed by atoms with E-state index in [0.29, 0.717) is 5.15 Å². The van der Waals surface area contributed by atoms with E-state index in [2.05, 4.69) is 54.2 Å². The Kier molecular flexibility index (Phi) is 3.58. The Labute approximate surface area is 119 Å². The molecule has 4 nitrogen and oxygen atoms in total. The minimum absolute atomic E-state index is 0.0365. The number of nitrogens with zero attached hydrogens (tertiary/aromatic N) is 3. The van der Waals surface area contributed by atoms with Crippen LogP contribution in [-0.2, 0) is 0 Å². The van der Waals surface area contributed by atoms with Crippen LogP contribution in [0.4, 0.5) is 5.82 Å². The zero-order chi connectivity index (χ0) is 14.3. The average Bonchev–Trinajstić information content (AvgIpc) is 2.25. The van der Waals surface area contributed by atoms with Crippen LogP contribution in [0.15, 0.2) is 23.9 Å². The van der Waals surface area contributed by atoms with Gasteiger partial charge in [0, 0.05) is 30.2 Å². The van der Waals surface area contributed by atoms with E-state index in [1.54, 1.807) is 6.07 Å². The van der Waals surface area contributed by atoms with Gasteiger partial charge in [0.1, 0.15) is 0 Å². The lowest BCUT2D eigenvalue weighted by Gasteiger charge is -2.43. The molecule has 0 saturated heterocycles. The lowest BCUT2D eigenvalue weighted by molar-refractivity contribution is 0.281. The minimum atomic E-state index is -0.0365. The van der Waals surface area contributed by atoms with Crippen molar-refractivity contribution in [3.63, 3.8) is 0 Å². The third kappa shape index (κ3) is 3.45. The molecule has 1 aromatic rings. The third-order valence-electron chi connectivity index (χ3n) is 3.20. The van der Waals surface area contributed by atoms with E-state index in [0.717, 1.165) is 12.2 Å². The summed E-state index contributed by atoms with van der Waals surface area (Å²) >= 11 is 5.78. The van der Waals surface area contributed by atoms with E-state index in [9.17, 15) is 0 Å². The smallest absolute Gasteiger partial charge is 0.155 e. The molecule has 1 aliphatic heterocycles. The van der Waals surface area contributed by atoms with Crippen LogP contribution in [-0.4, -0.2) is 28.3 Å². The fourth-order valence-electron chi connectivity index (χ4n) is 2.72. The largest absolute Gasteiger partial charge is 0.332 e. The summed E-state index contributed by atoms with van der Waals surface area (Å²) in [4.78, 5) is 2.08. The van der Waals surface area contributed by atoms with Crippen molar-refractivity contribution in [3.8, 4) is 0 Å². The van der Waals surface area contributed by atoms with Crippen molar-refractivity contribution >= 4 is 17.4 Å². The summed E-state index contributed by atoms with van der Waals surface area (Å²) in [6.45, 7) is 8.77. The zero-order valence-electron chi connectivity index (χ0n) is 12.2. The van der Waals surface area contributed by atoms with Crippen LogP contribution in [0.1, 0.15) is 34.1 Å². The lowest BCUT2D eigenvalue weighted by atomic mass is 9.86. The second-order valence-corrected chi connectivity index (χ2v) is 6.70. The highest BCUT2D eigenvalue weighted by atomic mass is 35.5. The van der Waals surface area contributed by atoms with Crippen LogP contribution in [0.25, 0.3) is 0 Å². The molecule has 19 heavy (non-hydrogen) atoms.